The van der Waals surface area contributed by atoms with Gasteiger partial charge in [0.2, 0.25) is 0 Å². The van der Waals surface area contributed by atoms with Gasteiger partial charge >= 0.3 is 0 Å². The van der Waals surface area contributed by atoms with Crippen molar-refractivity contribution in [2.75, 3.05) is 13.2 Å². The Bertz CT molecular complexity index is 403. The van der Waals surface area contributed by atoms with Crippen LogP contribution >= 0.6 is 0 Å². The maximum Gasteiger partial charge on any atom is 0.251 e. The SMILES string of the molecule is CCC(C)Oc1ccc(C(=O)NCC(C)CCO)cc1. The molecular weight excluding hydrogens is 254 g/mol. The number of ether oxygens (including phenoxy) is 1. The molecule has 112 valence electrons. The number of hydrogen-bond acceptors (Lipinski definition) is 3. The number of rotatable bonds is 8. The van der Waals surface area contributed by atoms with Gasteiger partial charge in [-0.2, -0.15) is 0 Å². The number of amides is 1. The molecule has 0 aromatic heterocycles. The fourth-order valence-corrected chi connectivity index (χ4v) is 1.69. The van der Waals surface area contributed by atoms with E-state index in [1.54, 1.807) is 12.1 Å². The molecule has 2 atom stereocenters. The van der Waals surface area contributed by atoms with Gasteiger partial charge in [-0.25, -0.2) is 0 Å². The first-order chi connectivity index (χ1) is 9.56. The Balaban J connectivity index is 2.49. The summed E-state index contributed by atoms with van der Waals surface area (Å²) in [5, 5.41) is 11.7. The Labute approximate surface area is 121 Å². The predicted molar refractivity (Wildman–Crippen MR) is 80.0 cm³/mol. The summed E-state index contributed by atoms with van der Waals surface area (Å²) in [6.45, 7) is 6.81. The largest absolute Gasteiger partial charge is 0.491 e. The average Bonchev–Trinajstić information content (AvgIpc) is 2.45. The molecule has 0 heterocycles. The maximum absolute atomic E-state index is 11.9. The second kappa shape index (κ2) is 8.59. The Morgan fingerprint density at radius 1 is 1.30 bits per heavy atom. The Hall–Kier alpha value is -1.55. The number of carbonyl (C=O) groups is 1. The lowest BCUT2D eigenvalue weighted by Crippen LogP contribution is -2.28. The fraction of sp³-hybridized carbons (Fsp3) is 0.562. The molecule has 2 unspecified atom stereocenters. The van der Waals surface area contributed by atoms with Crippen molar-refractivity contribution in [3.8, 4) is 5.75 Å². The van der Waals surface area contributed by atoms with Crippen LogP contribution in [-0.2, 0) is 0 Å². The monoisotopic (exact) mass is 279 g/mol. The summed E-state index contributed by atoms with van der Waals surface area (Å²) < 4.78 is 5.67. The molecule has 1 amide bonds. The minimum absolute atomic E-state index is 0.0927. The van der Waals surface area contributed by atoms with Crippen LogP contribution in [0.4, 0.5) is 0 Å². The highest BCUT2D eigenvalue weighted by atomic mass is 16.5. The standard InChI is InChI=1S/C16H25NO3/c1-4-13(3)20-15-7-5-14(6-8-15)16(19)17-11-12(2)9-10-18/h5-8,12-13,18H,4,9-11H2,1-3H3,(H,17,19). The molecule has 1 aromatic carbocycles. The van der Waals surface area contributed by atoms with Gasteiger partial charge in [0.1, 0.15) is 5.75 Å². The van der Waals surface area contributed by atoms with Crippen molar-refractivity contribution in [2.24, 2.45) is 5.92 Å². The number of benzene rings is 1. The summed E-state index contributed by atoms with van der Waals surface area (Å²) in [6.07, 6.45) is 1.82. The van der Waals surface area contributed by atoms with Gasteiger partial charge in [-0.3, -0.25) is 4.79 Å². The number of carbonyl (C=O) groups excluding carboxylic acids is 1. The Kier molecular flexibility index (Phi) is 7.09. The minimum atomic E-state index is -0.0927. The van der Waals surface area contributed by atoms with E-state index in [0.29, 0.717) is 18.5 Å². The van der Waals surface area contributed by atoms with Gasteiger partial charge in [0.15, 0.2) is 0 Å². The topological polar surface area (TPSA) is 58.6 Å². The van der Waals surface area contributed by atoms with Gasteiger partial charge in [0, 0.05) is 18.7 Å². The van der Waals surface area contributed by atoms with E-state index in [-0.39, 0.29) is 24.5 Å². The van der Waals surface area contributed by atoms with E-state index in [9.17, 15) is 4.79 Å². The van der Waals surface area contributed by atoms with Crippen molar-refractivity contribution < 1.29 is 14.6 Å². The number of nitrogens with one attached hydrogen (secondary N) is 1. The average molecular weight is 279 g/mol. The van der Waals surface area contributed by atoms with E-state index in [2.05, 4.69) is 12.2 Å². The molecule has 4 heteroatoms. The Morgan fingerprint density at radius 3 is 2.50 bits per heavy atom. The third kappa shape index (κ3) is 5.61. The van der Waals surface area contributed by atoms with Crippen LogP contribution in [0.1, 0.15) is 44.0 Å². The van der Waals surface area contributed by atoms with E-state index < -0.39 is 0 Å². The molecule has 0 aliphatic heterocycles. The Morgan fingerprint density at radius 2 is 1.95 bits per heavy atom. The van der Waals surface area contributed by atoms with E-state index in [0.717, 1.165) is 12.2 Å². The van der Waals surface area contributed by atoms with Crippen LogP contribution in [0.15, 0.2) is 24.3 Å². The van der Waals surface area contributed by atoms with Crippen molar-refractivity contribution in [1.82, 2.24) is 5.32 Å². The van der Waals surface area contributed by atoms with Gasteiger partial charge in [0.25, 0.3) is 5.91 Å². The van der Waals surface area contributed by atoms with Crippen LogP contribution in [0.3, 0.4) is 0 Å². The summed E-state index contributed by atoms with van der Waals surface area (Å²) in [6, 6.07) is 7.17. The molecule has 0 spiro atoms. The minimum Gasteiger partial charge on any atom is -0.491 e. The second-order valence-electron chi connectivity index (χ2n) is 5.19. The summed E-state index contributed by atoms with van der Waals surface area (Å²) in [5.74, 6) is 0.964. The zero-order valence-electron chi connectivity index (χ0n) is 12.6. The van der Waals surface area contributed by atoms with Crippen molar-refractivity contribution in [3.63, 3.8) is 0 Å². The number of aliphatic hydroxyl groups is 1. The van der Waals surface area contributed by atoms with Gasteiger partial charge < -0.3 is 15.2 Å². The highest BCUT2D eigenvalue weighted by Crippen LogP contribution is 2.15. The zero-order chi connectivity index (χ0) is 15.0. The normalized spacial score (nSPS) is 13.6. The maximum atomic E-state index is 11.9. The third-order valence-electron chi connectivity index (χ3n) is 3.26. The predicted octanol–water partition coefficient (Wildman–Crippen LogP) is 2.61. The number of aliphatic hydroxyl groups excluding tert-OH is 1. The van der Waals surface area contributed by atoms with Crippen LogP contribution in [0.5, 0.6) is 5.75 Å². The molecule has 20 heavy (non-hydrogen) atoms. The van der Waals surface area contributed by atoms with Crippen LogP contribution in [0.25, 0.3) is 0 Å². The van der Waals surface area contributed by atoms with E-state index in [1.807, 2.05) is 26.0 Å². The van der Waals surface area contributed by atoms with Crippen LogP contribution in [0, 0.1) is 5.92 Å². The zero-order valence-corrected chi connectivity index (χ0v) is 12.6. The first-order valence-electron chi connectivity index (χ1n) is 7.22. The molecule has 1 rings (SSSR count). The molecule has 0 radical (unpaired) electrons. The highest BCUT2D eigenvalue weighted by Gasteiger charge is 2.08. The molecule has 0 aliphatic carbocycles. The third-order valence-corrected chi connectivity index (χ3v) is 3.26. The summed E-state index contributed by atoms with van der Waals surface area (Å²) in [5.41, 5.74) is 0.623. The van der Waals surface area contributed by atoms with Crippen molar-refractivity contribution in [3.05, 3.63) is 29.8 Å². The van der Waals surface area contributed by atoms with Crippen LogP contribution < -0.4 is 10.1 Å². The van der Waals surface area contributed by atoms with Crippen molar-refractivity contribution >= 4 is 5.91 Å². The van der Waals surface area contributed by atoms with E-state index >= 15 is 0 Å². The van der Waals surface area contributed by atoms with Gasteiger partial charge in [-0.05, 0) is 49.9 Å². The van der Waals surface area contributed by atoms with Crippen molar-refractivity contribution in [2.45, 2.75) is 39.7 Å². The summed E-state index contributed by atoms with van der Waals surface area (Å²) in [7, 11) is 0. The first kappa shape index (κ1) is 16.5. The number of hydrogen-bond donors (Lipinski definition) is 2. The lowest BCUT2D eigenvalue weighted by molar-refractivity contribution is 0.0945. The molecule has 0 fully saturated rings. The molecule has 0 aliphatic rings. The van der Waals surface area contributed by atoms with E-state index in [1.165, 1.54) is 0 Å². The first-order valence-corrected chi connectivity index (χ1v) is 7.22. The second-order valence-corrected chi connectivity index (χ2v) is 5.19. The lowest BCUT2D eigenvalue weighted by Gasteiger charge is -2.13. The fourth-order valence-electron chi connectivity index (χ4n) is 1.69. The van der Waals surface area contributed by atoms with Gasteiger partial charge in [0.05, 0.1) is 6.10 Å². The highest BCUT2D eigenvalue weighted by molar-refractivity contribution is 5.94. The quantitative estimate of drug-likeness (QED) is 0.769. The molecule has 0 saturated heterocycles. The molecule has 0 bridgehead atoms. The lowest BCUT2D eigenvalue weighted by atomic mass is 10.1. The molecular formula is C16H25NO3. The molecule has 0 saturated carbocycles. The summed E-state index contributed by atoms with van der Waals surface area (Å²) in [4.78, 5) is 11.9. The van der Waals surface area contributed by atoms with Gasteiger partial charge in [-0.1, -0.05) is 13.8 Å². The van der Waals surface area contributed by atoms with Crippen LogP contribution in [0.2, 0.25) is 0 Å². The summed E-state index contributed by atoms with van der Waals surface area (Å²) >= 11 is 0. The molecule has 1 aromatic rings. The van der Waals surface area contributed by atoms with Gasteiger partial charge in [-0.15, -0.1) is 0 Å². The molecule has 4 nitrogen and oxygen atoms in total. The van der Waals surface area contributed by atoms with Crippen molar-refractivity contribution in [1.29, 1.82) is 0 Å². The smallest absolute Gasteiger partial charge is 0.251 e. The van der Waals surface area contributed by atoms with E-state index in [4.69, 9.17) is 9.84 Å². The molecule has 2 N–H and O–H groups in total. The van der Waals surface area contributed by atoms with Crippen LogP contribution in [-0.4, -0.2) is 30.3 Å².